The van der Waals surface area contributed by atoms with Gasteiger partial charge in [-0.3, -0.25) is 0 Å². The average Bonchev–Trinajstić information content (AvgIpc) is 2.54. The van der Waals surface area contributed by atoms with Gasteiger partial charge in [0.2, 0.25) is 0 Å². The van der Waals surface area contributed by atoms with E-state index in [1.807, 2.05) is 24.3 Å². The number of hydrogen-bond acceptors (Lipinski definition) is 4. The molecular formula is C18H27N3O. The Bertz CT molecular complexity index is 571. The first-order valence-electron chi connectivity index (χ1n) is 8.34. The molecule has 1 heterocycles. The van der Waals surface area contributed by atoms with Gasteiger partial charge in [0.25, 0.3) is 0 Å². The maximum absolute atomic E-state index is 9.83. The molecule has 0 amide bonds. The summed E-state index contributed by atoms with van der Waals surface area (Å²) >= 11 is 0. The molecule has 1 aromatic carbocycles. The Kier molecular flexibility index (Phi) is 6.97. The lowest BCUT2D eigenvalue weighted by atomic mass is 10.1. The Morgan fingerprint density at radius 2 is 1.64 bits per heavy atom. The van der Waals surface area contributed by atoms with Gasteiger partial charge < -0.3 is 16.2 Å². The van der Waals surface area contributed by atoms with Crippen molar-refractivity contribution in [1.29, 1.82) is 0 Å². The summed E-state index contributed by atoms with van der Waals surface area (Å²) in [4.78, 5) is 4.47. The third-order valence-corrected chi connectivity index (χ3v) is 3.89. The number of benzene rings is 1. The first-order valence-corrected chi connectivity index (χ1v) is 8.34. The van der Waals surface area contributed by atoms with Crippen molar-refractivity contribution in [3.63, 3.8) is 0 Å². The Morgan fingerprint density at radius 1 is 0.909 bits per heavy atom. The van der Waals surface area contributed by atoms with E-state index in [4.69, 9.17) is 5.73 Å². The number of phenolic OH excluding ortho intramolecular Hbond substituents is 1. The number of nitrogens with zero attached hydrogens (tertiary/aromatic N) is 1. The predicted molar refractivity (Wildman–Crippen MR) is 93.3 cm³/mol. The highest BCUT2D eigenvalue weighted by molar-refractivity contribution is 5.85. The van der Waals surface area contributed by atoms with Crippen LogP contribution in [0.25, 0.3) is 10.9 Å². The van der Waals surface area contributed by atoms with Crippen LogP contribution in [0.4, 0.5) is 5.82 Å². The fourth-order valence-corrected chi connectivity index (χ4v) is 2.60. The SMILES string of the molecule is NCCCCCCCCCNc1ccc2cccc(O)c2n1. The van der Waals surface area contributed by atoms with Gasteiger partial charge in [-0.1, -0.05) is 44.2 Å². The average molecular weight is 301 g/mol. The molecule has 120 valence electrons. The molecule has 0 fully saturated rings. The Hall–Kier alpha value is -1.81. The number of nitrogens with two attached hydrogens (primary N) is 1. The maximum Gasteiger partial charge on any atom is 0.141 e. The number of aromatic nitrogens is 1. The highest BCUT2D eigenvalue weighted by Gasteiger charge is 2.02. The Morgan fingerprint density at radius 3 is 2.41 bits per heavy atom. The molecule has 4 heteroatoms. The molecule has 4 N–H and O–H groups in total. The smallest absolute Gasteiger partial charge is 0.141 e. The summed E-state index contributed by atoms with van der Waals surface area (Å²) in [5.41, 5.74) is 6.14. The van der Waals surface area contributed by atoms with Gasteiger partial charge in [-0.15, -0.1) is 0 Å². The van der Waals surface area contributed by atoms with E-state index in [9.17, 15) is 5.11 Å². The van der Waals surface area contributed by atoms with Crippen LogP contribution in [0.2, 0.25) is 0 Å². The first kappa shape index (κ1) is 16.6. The summed E-state index contributed by atoms with van der Waals surface area (Å²) in [5, 5.41) is 14.1. The molecule has 22 heavy (non-hydrogen) atoms. The van der Waals surface area contributed by atoms with Gasteiger partial charge in [0.1, 0.15) is 17.1 Å². The predicted octanol–water partition coefficient (Wildman–Crippen LogP) is 4.04. The summed E-state index contributed by atoms with van der Waals surface area (Å²) in [6.07, 6.45) is 8.71. The third kappa shape index (κ3) is 5.19. The zero-order valence-corrected chi connectivity index (χ0v) is 13.2. The van der Waals surface area contributed by atoms with Crippen LogP contribution in [0, 0.1) is 0 Å². The highest BCUT2D eigenvalue weighted by Crippen LogP contribution is 2.23. The minimum Gasteiger partial charge on any atom is -0.506 e. The Balaban J connectivity index is 1.66. The first-order chi connectivity index (χ1) is 10.8. The van der Waals surface area contributed by atoms with Crippen LogP contribution in [0.15, 0.2) is 30.3 Å². The number of phenols is 1. The van der Waals surface area contributed by atoms with E-state index < -0.39 is 0 Å². The van der Waals surface area contributed by atoms with Crippen molar-refractivity contribution < 1.29 is 5.11 Å². The number of anilines is 1. The number of pyridine rings is 1. The fraction of sp³-hybridized carbons (Fsp3) is 0.500. The summed E-state index contributed by atoms with van der Waals surface area (Å²) in [6, 6.07) is 9.41. The summed E-state index contributed by atoms with van der Waals surface area (Å²) in [5.74, 6) is 1.07. The highest BCUT2D eigenvalue weighted by atomic mass is 16.3. The lowest BCUT2D eigenvalue weighted by Crippen LogP contribution is -2.03. The molecule has 0 aliphatic carbocycles. The standard InChI is InChI=1S/C18H27N3O/c19-13-6-4-2-1-3-5-7-14-20-17-12-11-15-9-8-10-16(22)18(15)21-17/h8-12,22H,1-7,13-14,19H2,(H,20,21). The second-order valence-electron chi connectivity index (χ2n) is 5.74. The van der Waals surface area contributed by atoms with Crippen molar-refractivity contribution in [2.24, 2.45) is 5.73 Å². The van der Waals surface area contributed by atoms with Crippen LogP contribution in [-0.2, 0) is 0 Å². The molecule has 1 aromatic heterocycles. The van der Waals surface area contributed by atoms with Crippen LogP contribution in [0.1, 0.15) is 44.9 Å². The number of unbranched alkanes of at least 4 members (excludes halogenated alkanes) is 6. The summed E-state index contributed by atoms with van der Waals surface area (Å²) in [7, 11) is 0. The van der Waals surface area contributed by atoms with E-state index in [0.29, 0.717) is 5.52 Å². The van der Waals surface area contributed by atoms with Gasteiger partial charge in [0, 0.05) is 11.9 Å². The van der Waals surface area contributed by atoms with E-state index in [0.717, 1.165) is 37.1 Å². The molecule has 4 nitrogen and oxygen atoms in total. The van der Waals surface area contributed by atoms with Gasteiger partial charge in [-0.05, 0) is 37.6 Å². The van der Waals surface area contributed by atoms with Gasteiger partial charge in [0.05, 0.1) is 0 Å². The molecule has 0 unspecified atom stereocenters. The number of para-hydroxylation sites is 1. The quantitative estimate of drug-likeness (QED) is 0.579. The lowest BCUT2D eigenvalue weighted by Gasteiger charge is -2.07. The minimum atomic E-state index is 0.235. The molecule has 0 radical (unpaired) electrons. The molecule has 2 aromatic rings. The van der Waals surface area contributed by atoms with Crippen LogP contribution < -0.4 is 11.1 Å². The zero-order chi connectivity index (χ0) is 15.6. The fourth-order valence-electron chi connectivity index (χ4n) is 2.60. The normalized spacial score (nSPS) is 11.0. The number of nitrogens with one attached hydrogen (secondary N) is 1. The van der Waals surface area contributed by atoms with E-state index in [1.54, 1.807) is 6.07 Å². The van der Waals surface area contributed by atoms with Crippen LogP contribution in [-0.4, -0.2) is 23.2 Å². The van der Waals surface area contributed by atoms with Crippen LogP contribution >= 0.6 is 0 Å². The van der Waals surface area contributed by atoms with Crippen molar-refractivity contribution >= 4 is 16.7 Å². The second-order valence-corrected chi connectivity index (χ2v) is 5.74. The molecular weight excluding hydrogens is 274 g/mol. The maximum atomic E-state index is 9.83. The molecule has 0 spiro atoms. The van der Waals surface area contributed by atoms with Crippen molar-refractivity contribution in [2.75, 3.05) is 18.4 Å². The third-order valence-electron chi connectivity index (χ3n) is 3.89. The van der Waals surface area contributed by atoms with E-state index in [2.05, 4.69) is 10.3 Å². The monoisotopic (exact) mass is 301 g/mol. The van der Waals surface area contributed by atoms with Gasteiger partial charge >= 0.3 is 0 Å². The second kappa shape index (κ2) is 9.26. The van der Waals surface area contributed by atoms with Gasteiger partial charge in [0.15, 0.2) is 0 Å². The lowest BCUT2D eigenvalue weighted by molar-refractivity contribution is 0.480. The van der Waals surface area contributed by atoms with Crippen LogP contribution in [0.3, 0.4) is 0 Å². The largest absolute Gasteiger partial charge is 0.506 e. The summed E-state index contributed by atoms with van der Waals surface area (Å²) < 4.78 is 0. The van der Waals surface area contributed by atoms with E-state index in [1.165, 1.54) is 32.1 Å². The van der Waals surface area contributed by atoms with Gasteiger partial charge in [-0.2, -0.15) is 0 Å². The van der Waals surface area contributed by atoms with E-state index >= 15 is 0 Å². The molecule has 0 atom stereocenters. The molecule has 2 rings (SSSR count). The molecule has 0 aliphatic heterocycles. The number of hydrogen-bond donors (Lipinski definition) is 3. The zero-order valence-electron chi connectivity index (χ0n) is 13.2. The van der Waals surface area contributed by atoms with Crippen molar-refractivity contribution in [2.45, 2.75) is 44.9 Å². The molecule has 0 bridgehead atoms. The summed E-state index contributed by atoms with van der Waals surface area (Å²) in [6.45, 7) is 1.74. The van der Waals surface area contributed by atoms with Crippen LogP contribution in [0.5, 0.6) is 5.75 Å². The molecule has 0 aliphatic rings. The number of fused-ring (bicyclic) bond motifs is 1. The van der Waals surface area contributed by atoms with Crippen molar-refractivity contribution in [3.8, 4) is 5.75 Å². The number of rotatable bonds is 10. The van der Waals surface area contributed by atoms with Crippen molar-refractivity contribution in [1.82, 2.24) is 4.98 Å². The van der Waals surface area contributed by atoms with Gasteiger partial charge in [-0.25, -0.2) is 4.98 Å². The number of aromatic hydroxyl groups is 1. The van der Waals surface area contributed by atoms with E-state index in [-0.39, 0.29) is 5.75 Å². The molecule has 0 saturated carbocycles. The van der Waals surface area contributed by atoms with Crippen molar-refractivity contribution in [3.05, 3.63) is 30.3 Å². The topological polar surface area (TPSA) is 71.2 Å². The molecule has 0 saturated heterocycles. The Labute approximate surface area is 132 Å². The minimum absolute atomic E-state index is 0.235.